The number of allylic oxidation sites excluding steroid dienone is 2. The molecule has 0 saturated heterocycles. The lowest BCUT2D eigenvalue weighted by Crippen LogP contribution is -2.01. The van der Waals surface area contributed by atoms with Crippen LogP contribution < -0.4 is 0 Å². The number of H-pyrrole nitrogens is 1. The molecule has 0 saturated carbocycles. The Hall–Kier alpha value is -1.58. The van der Waals surface area contributed by atoms with Gasteiger partial charge in [0, 0.05) is 11.3 Å². The van der Waals surface area contributed by atoms with Crippen molar-refractivity contribution in [1.29, 1.82) is 0 Å². The minimum Gasteiger partial charge on any atom is -0.512 e. The second-order valence-corrected chi connectivity index (χ2v) is 3.33. The van der Waals surface area contributed by atoms with Crippen molar-refractivity contribution in [2.45, 2.75) is 27.7 Å². The van der Waals surface area contributed by atoms with E-state index in [1.165, 1.54) is 13.8 Å². The van der Waals surface area contributed by atoms with Crippen molar-refractivity contribution in [1.82, 2.24) is 10.2 Å². The van der Waals surface area contributed by atoms with Crippen LogP contribution in [0.4, 0.5) is 0 Å². The number of nitrogens with one attached hydrogen (secondary N) is 1. The molecular weight excluding hydrogens is 180 g/mol. The Morgan fingerprint density at radius 3 is 2.21 bits per heavy atom. The monoisotopic (exact) mass is 194 g/mol. The van der Waals surface area contributed by atoms with Gasteiger partial charge in [-0.2, -0.15) is 5.10 Å². The number of hydrogen-bond donors (Lipinski definition) is 2. The highest BCUT2D eigenvalue weighted by molar-refractivity contribution is 6.20. The summed E-state index contributed by atoms with van der Waals surface area (Å²) in [6, 6.07) is 0. The topological polar surface area (TPSA) is 66.0 Å². The van der Waals surface area contributed by atoms with Gasteiger partial charge in [0.15, 0.2) is 5.78 Å². The molecule has 4 heteroatoms. The molecule has 14 heavy (non-hydrogen) atoms. The van der Waals surface area contributed by atoms with Gasteiger partial charge in [-0.15, -0.1) is 0 Å². The highest BCUT2D eigenvalue weighted by atomic mass is 16.3. The number of aliphatic hydroxyl groups excluding tert-OH is 1. The standard InChI is InChI=1S/C10H14N2O2/c1-5-9(6(2)12-11-5)10(7(3)13)8(4)14/h13H,1-4H3,(H,11,12)/b10-7+. The number of ketones is 1. The zero-order valence-corrected chi connectivity index (χ0v) is 8.80. The number of carbonyl (C=O) groups excluding carboxylic acids is 1. The summed E-state index contributed by atoms with van der Waals surface area (Å²) in [5.41, 5.74) is 2.56. The number of rotatable bonds is 2. The maximum atomic E-state index is 11.3. The van der Waals surface area contributed by atoms with Crippen LogP contribution in [0.3, 0.4) is 0 Å². The number of aromatic amines is 1. The maximum absolute atomic E-state index is 11.3. The summed E-state index contributed by atoms with van der Waals surface area (Å²) in [4.78, 5) is 11.3. The lowest BCUT2D eigenvalue weighted by atomic mass is 10.00. The molecule has 0 spiro atoms. The zero-order valence-electron chi connectivity index (χ0n) is 8.80. The number of nitrogens with zero attached hydrogens (tertiary/aromatic N) is 1. The van der Waals surface area contributed by atoms with Crippen LogP contribution in [-0.2, 0) is 4.79 Å². The average molecular weight is 194 g/mol. The maximum Gasteiger partial charge on any atom is 0.163 e. The van der Waals surface area contributed by atoms with E-state index in [9.17, 15) is 9.90 Å². The lowest BCUT2D eigenvalue weighted by Gasteiger charge is -2.04. The lowest BCUT2D eigenvalue weighted by molar-refractivity contribution is -0.111. The molecule has 2 N–H and O–H groups in total. The molecule has 0 aliphatic carbocycles. The van der Waals surface area contributed by atoms with E-state index in [0.717, 1.165) is 11.4 Å². The SMILES string of the molecule is CC(=O)/C(=C(/C)O)c1c(C)n[nH]c1C. The first kappa shape index (κ1) is 10.5. The number of Topliss-reactive ketones (excluding diaryl/α,β-unsaturated/α-hetero) is 1. The summed E-state index contributed by atoms with van der Waals surface area (Å²) in [7, 11) is 0. The first-order valence-electron chi connectivity index (χ1n) is 4.37. The smallest absolute Gasteiger partial charge is 0.163 e. The fraction of sp³-hybridized carbons (Fsp3) is 0.400. The van der Waals surface area contributed by atoms with Gasteiger partial charge in [0.1, 0.15) is 5.76 Å². The van der Waals surface area contributed by atoms with Crippen LogP contribution in [0.2, 0.25) is 0 Å². The summed E-state index contributed by atoms with van der Waals surface area (Å²) in [5, 5.41) is 16.2. The second kappa shape index (κ2) is 3.65. The number of hydrogen-bond acceptors (Lipinski definition) is 3. The quantitative estimate of drug-likeness (QED) is 0.558. The van der Waals surface area contributed by atoms with Crippen molar-refractivity contribution in [2.75, 3.05) is 0 Å². The molecule has 0 atom stereocenters. The molecule has 1 heterocycles. The Labute approximate surface area is 82.6 Å². The Kier molecular flexibility index (Phi) is 2.74. The molecule has 0 radical (unpaired) electrons. The summed E-state index contributed by atoms with van der Waals surface area (Å²) >= 11 is 0. The van der Waals surface area contributed by atoms with Crippen molar-refractivity contribution in [3.63, 3.8) is 0 Å². The van der Waals surface area contributed by atoms with Crippen molar-refractivity contribution in [2.24, 2.45) is 0 Å². The normalized spacial score (nSPS) is 12.6. The first-order chi connectivity index (χ1) is 6.45. The van der Waals surface area contributed by atoms with Crippen LogP contribution in [0, 0.1) is 13.8 Å². The van der Waals surface area contributed by atoms with E-state index in [4.69, 9.17) is 0 Å². The van der Waals surface area contributed by atoms with E-state index in [-0.39, 0.29) is 11.5 Å². The molecule has 0 aliphatic heterocycles. The Morgan fingerprint density at radius 2 is 1.93 bits per heavy atom. The summed E-state index contributed by atoms with van der Waals surface area (Å²) in [6.07, 6.45) is 0. The summed E-state index contributed by atoms with van der Waals surface area (Å²) in [5.74, 6) is -0.122. The van der Waals surface area contributed by atoms with Gasteiger partial charge in [-0.25, -0.2) is 0 Å². The van der Waals surface area contributed by atoms with Gasteiger partial charge in [-0.3, -0.25) is 9.89 Å². The van der Waals surface area contributed by atoms with Gasteiger partial charge >= 0.3 is 0 Å². The summed E-state index contributed by atoms with van der Waals surface area (Å²) < 4.78 is 0. The van der Waals surface area contributed by atoms with Crippen LogP contribution in [0.1, 0.15) is 30.8 Å². The van der Waals surface area contributed by atoms with E-state index < -0.39 is 0 Å². The van der Waals surface area contributed by atoms with E-state index in [1.807, 2.05) is 6.92 Å². The van der Waals surface area contributed by atoms with Gasteiger partial charge in [0.2, 0.25) is 0 Å². The molecule has 0 fully saturated rings. The van der Waals surface area contributed by atoms with E-state index >= 15 is 0 Å². The Bertz CT molecular complexity index is 379. The molecule has 0 aliphatic rings. The molecule has 0 bridgehead atoms. The van der Waals surface area contributed by atoms with Gasteiger partial charge in [0.05, 0.1) is 11.3 Å². The highest BCUT2D eigenvalue weighted by Crippen LogP contribution is 2.23. The van der Waals surface area contributed by atoms with Crippen LogP contribution in [0.15, 0.2) is 5.76 Å². The fourth-order valence-corrected chi connectivity index (χ4v) is 1.53. The zero-order chi connectivity index (χ0) is 10.9. The second-order valence-electron chi connectivity index (χ2n) is 3.33. The third-order valence-electron chi connectivity index (χ3n) is 2.09. The van der Waals surface area contributed by atoms with Gasteiger partial charge in [-0.1, -0.05) is 0 Å². The predicted octanol–water partition coefficient (Wildman–Crippen LogP) is 1.90. The predicted molar refractivity (Wildman–Crippen MR) is 54.0 cm³/mol. The number of aryl methyl sites for hydroxylation is 2. The van der Waals surface area contributed by atoms with Crippen molar-refractivity contribution < 1.29 is 9.90 Å². The van der Waals surface area contributed by atoms with Gasteiger partial charge < -0.3 is 5.11 Å². The molecule has 0 amide bonds. The largest absolute Gasteiger partial charge is 0.512 e. The molecule has 1 rings (SSSR count). The van der Waals surface area contributed by atoms with E-state index in [1.54, 1.807) is 6.92 Å². The van der Waals surface area contributed by atoms with Crippen molar-refractivity contribution >= 4 is 11.4 Å². The third-order valence-corrected chi connectivity index (χ3v) is 2.09. The molecule has 1 aromatic rings. The Morgan fingerprint density at radius 1 is 1.36 bits per heavy atom. The van der Waals surface area contributed by atoms with Crippen LogP contribution in [0.5, 0.6) is 0 Å². The van der Waals surface area contributed by atoms with Crippen LogP contribution in [-0.4, -0.2) is 21.1 Å². The fourth-order valence-electron chi connectivity index (χ4n) is 1.53. The van der Waals surface area contributed by atoms with Gasteiger partial charge in [0.25, 0.3) is 0 Å². The van der Waals surface area contributed by atoms with Crippen LogP contribution in [0.25, 0.3) is 5.57 Å². The van der Waals surface area contributed by atoms with Crippen LogP contribution >= 0.6 is 0 Å². The van der Waals surface area contributed by atoms with Crippen molar-refractivity contribution in [3.8, 4) is 0 Å². The van der Waals surface area contributed by atoms with Crippen molar-refractivity contribution in [3.05, 3.63) is 22.7 Å². The molecule has 0 aromatic carbocycles. The highest BCUT2D eigenvalue weighted by Gasteiger charge is 2.17. The average Bonchev–Trinajstić information content (AvgIpc) is 2.34. The third kappa shape index (κ3) is 1.69. The molecule has 1 aromatic heterocycles. The minimum absolute atomic E-state index is 0.0325. The van der Waals surface area contributed by atoms with Gasteiger partial charge in [-0.05, 0) is 27.7 Å². The first-order valence-corrected chi connectivity index (χ1v) is 4.37. The molecule has 4 nitrogen and oxygen atoms in total. The minimum atomic E-state index is -0.155. The number of carbonyl (C=O) groups is 1. The molecule has 76 valence electrons. The molecule has 0 unspecified atom stereocenters. The van der Waals surface area contributed by atoms with E-state index in [0.29, 0.717) is 11.1 Å². The summed E-state index contributed by atoms with van der Waals surface area (Å²) in [6.45, 7) is 6.55. The molecular formula is C10H14N2O2. The van der Waals surface area contributed by atoms with E-state index in [2.05, 4.69) is 10.2 Å². The Balaban J connectivity index is 3.41. The number of aromatic nitrogens is 2. The number of aliphatic hydroxyl groups is 1.